The number of ether oxygens (including phenoxy) is 2. The average molecular weight is 526 g/mol. The normalized spacial score (nSPS) is 18.8. The molecule has 1 aromatic carbocycles. The van der Waals surface area contributed by atoms with Crippen LogP contribution in [0.3, 0.4) is 0 Å². The Bertz CT molecular complexity index is 1140. The molecule has 4 rings (SSSR count). The zero-order chi connectivity index (χ0) is 27.5. The van der Waals surface area contributed by atoms with Gasteiger partial charge in [0, 0.05) is 24.4 Å². The van der Waals surface area contributed by atoms with E-state index in [0.29, 0.717) is 31.5 Å². The number of piperidine rings is 2. The topological polar surface area (TPSA) is 85.1 Å². The van der Waals surface area contributed by atoms with Crippen LogP contribution < -0.4 is 0 Å². The third-order valence-corrected chi connectivity index (χ3v) is 7.02. The maximum atomic E-state index is 12.3. The minimum atomic E-state index is -0.466. The smallest absolute Gasteiger partial charge is 0.410 e. The van der Waals surface area contributed by atoms with Crippen molar-refractivity contribution < 1.29 is 23.6 Å². The molecular weight excluding hydrogens is 482 g/mol. The highest BCUT2D eigenvalue weighted by molar-refractivity contribution is 5.82. The van der Waals surface area contributed by atoms with E-state index >= 15 is 0 Å². The molecule has 0 spiro atoms. The van der Waals surface area contributed by atoms with Crippen molar-refractivity contribution in [1.82, 2.24) is 15.0 Å². The lowest BCUT2D eigenvalue weighted by Gasteiger charge is -2.32. The van der Waals surface area contributed by atoms with Gasteiger partial charge in [-0.05, 0) is 104 Å². The Balaban J connectivity index is 1.29. The molecule has 2 aliphatic rings. The van der Waals surface area contributed by atoms with Crippen molar-refractivity contribution in [1.29, 1.82) is 0 Å². The SMILES string of the molecule is CC(C)(C)OC(=O)CN1CCC(c2noc3cc(C=CC4CCN(C(=O)OC(C)(C)C)CC4)ccc23)CC1. The summed E-state index contributed by atoms with van der Waals surface area (Å²) in [5.41, 5.74) is 1.98. The van der Waals surface area contributed by atoms with Gasteiger partial charge in [-0.1, -0.05) is 23.4 Å². The highest BCUT2D eigenvalue weighted by atomic mass is 16.6. The second-order valence-electron chi connectivity index (χ2n) is 12.6. The molecule has 8 nitrogen and oxygen atoms in total. The van der Waals surface area contributed by atoms with Crippen molar-refractivity contribution in [2.45, 2.75) is 84.3 Å². The third-order valence-electron chi connectivity index (χ3n) is 7.02. The molecule has 2 saturated heterocycles. The number of nitrogens with zero attached hydrogens (tertiary/aromatic N) is 3. The summed E-state index contributed by atoms with van der Waals surface area (Å²) < 4.78 is 16.7. The van der Waals surface area contributed by atoms with Gasteiger partial charge in [-0.2, -0.15) is 0 Å². The number of rotatable bonds is 5. The predicted octanol–water partition coefficient (Wildman–Crippen LogP) is 6.01. The fraction of sp³-hybridized carbons (Fsp3) is 0.633. The van der Waals surface area contributed by atoms with Crippen LogP contribution in [-0.4, -0.2) is 70.9 Å². The molecule has 0 radical (unpaired) electrons. The van der Waals surface area contributed by atoms with Gasteiger partial charge in [0.25, 0.3) is 0 Å². The summed E-state index contributed by atoms with van der Waals surface area (Å²) in [6.07, 6.45) is 7.90. The fourth-order valence-corrected chi connectivity index (χ4v) is 5.14. The van der Waals surface area contributed by atoms with Gasteiger partial charge in [0.15, 0.2) is 5.58 Å². The van der Waals surface area contributed by atoms with E-state index in [1.165, 1.54) is 0 Å². The number of benzene rings is 1. The first-order valence-corrected chi connectivity index (χ1v) is 13.9. The number of hydrogen-bond donors (Lipinski definition) is 0. The highest BCUT2D eigenvalue weighted by Gasteiger charge is 2.28. The van der Waals surface area contributed by atoms with Crippen molar-refractivity contribution in [2.75, 3.05) is 32.7 Å². The van der Waals surface area contributed by atoms with Gasteiger partial charge in [-0.3, -0.25) is 9.69 Å². The van der Waals surface area contributed by atoms with Crippen LogP contribution >= 0.6 is 0 Å². The van der Waals surface area contributed by atoms with Gasteiger partial charge in [0.05, 0.1) is 12.2 Å². The third kappa shape index (κ3) is 7.82. The highest BCUT2D eigenvalue weighted by Crippen LogP contribution is 2.33. The second kappa shape index (κ2) is 11.5. The Hall–Kier alpha value is -2.87. The fourth-order valence-electron chi connectivity index (χ4n) is 5.14. The average Bonchev–Trinajstić information content (AvgIpc) is 3.24. The first kappa shape index (κ1) is 28.1. The van der Waals surface area contributed by atoms with Crippen LogP contribution in [0.1, 0.15) is 84.4 Å². The number of carbonyl (C=O) groups is 2. The molecule has 8 heteroatoms. The Kier molecular flexibility index (Phi) is 8.50. The van der Waals surface area contributed by atoms with Crippen LogP contribution in [0.15, 0.2) is 28.8 Å². The van der Waals surface area contributed by atoms with Crippen LogP contribution in [0.4, 0.5) is 4.79 Å². The molecule has 0 N–H and O–H groups in total. The second-order valence-corrected chi connectivity index (χ2v) is 12.6. The van der Waals surface area contributed by atoms with E-state index < -0.39 is 11.2 Å². The lowest BCUT2D eigenvalue weighted by Crippen LogP contribution is -2.41. The number of hydrogen-bond acceptors (Lipinski definition) is 7. The zero-order valence-corrected chi connectivity index (χ0v) is 23.8. The van der Waals surface area contributed by atoms with Gasteiger partial charge < -0.3 is 18.9 Å². The molecule has 0 aliphatic carbocycles. The quantitative estimate of drug-likeness (QED) is 0.442. The number of amides is 1. The first-order chi connectivity index (χ1) is 17.9. The standard InChI is InChI=1S/C30H43N3O5/c1-29(2,3)36-26(34)20-32-15-13-23(14-16-32)27-24-10-9-22(19-25(24)38-31-27)8-7-21-11-17-33(18-12-21)28(35)37-30(4,5)6/h7-10,19,21,23H,11-18,20H2,1-6H3. The van der Waals surface area contributed by atoms with E-state index in [4.69, 9.17) is 14.0 Å². The molecule has 0 unspecified atom stereocenters. The molecule has 3 heterocycles. The largest absolute Gasteiger partial charge is 0.459 e. The Labute approximate surface area is 226 Å². The summed E-state index contributed by atoms with van der Waals surface area (Å²) in [5, 5.41) is 5.50. The molecule has 2 aromatic rings. The van der Waals surface area contributed by atoms with E-state index in [-0.39, 0.29) is 12.1 Å². The molecule has 0 saturated carbocycles. The van der Waals surface area contributed by atoms with Crippen molar-refractivity contribution in [2.24, 2.45) is 5.92 Å². The summed E-state index contributed by atoms with van der Waals surface area (Å²) in [4.78, 5) is 28.4. The minimum absolute atomic E-state index is 0.169. The number of carbonyl (C=O) groups excluding carboxylic acids is 2. The van der Waals surface area contributed by atoms with Crippen LogP contribution in [0.25, 0.3) is 17.0 Å². The summed E-state index contributed by atoms with van der Waals surface area (Å²) in [7, 11) is 0. The number of fused-ring (bicyclic) bond motifs is 1. The van der Waals surface area contributed by atoms with E-state index in [0.717, 1.165) is 61.0 Å². The van der Waals surface area contributed by atoms with E-state index in [1.54, 1.807) is 4.90 Å². The van der Waals surface area contributed by atoms with E-state index in [1.807, 2.05) is 41.5 Å². The van der Waals surface area contributed by atoms with Crippen molar-refractivity contribution in [3.63, 3.8) is 0 Å². The van der Waals surface area contributed by atoms with Gasteiger partial charge in [0.2, 0.25) is 0 Å². The Morgan fingerprint density at radius 3 is 2.26 bits per heavy atom. The lowest BCUT2D eigenvalue weighted by atomic mass is 9.91. The molecule has 208 valence electrons. The van der Waals surface area contributed by atoms with Crippen LogP contribution in [-0.2, 0) is 14.3 Å². The minimum Gasteiger partial charge on any atom is -0.459 e. The monoisotopic (exact) mass is 525 g/mol. The summed E-state index contributed by atoms with van der Waals surface area (Å²) in [6.45, 7) is 14.8. The molecule has 1 aromatic heterocycles. The molecule has 2 aliphatic heterocycles. The molecule has 0 bridgehead atoms. The Morgan fingerprint density at radius 1 is 0.974 bits per heavy atom. The maximum Gasteiger partial charge on any atom is 0.410 e. The predicted molar refractivity (Wildman–Crippen MR) is 148 cm³/mol. The van der Waals surface area contributed by atoms with E-state index in [2.05, 4.69) is 40.4 Å². The number of aromatic nitrogens is 1. The van der Waals surface area contributed by atoms with Crippen LogP contribution in [0.5, 0.6) is 0 Å². The van der Waals surface area contributed by atoms with E-state index in [9.17, 15) is 9.59 Å². The number of allylic oxidation sites excluding steroid dienone is 1. The maximum absolute atomic E-state index is 12.3. The molecule has 38 heavy (non-hydrogen) atoms. The number of likely N-dealkylation sites (tertiary alicyclic amines) is 2. The van der Waals surface area contributed by atoms with Gasteiger partial charge in [-0.15, -0.1) is 0 Å². The number of esters is 1. The molecule has 2 fully saturated rings. The summed E-state index contributed by atoms with van der Waals surface area (Å²) in [6, 6.07) is 6.28. The van der Waals surface area contributed by atoms with Gasteiger partial charge in [-0.25, -0.2) is 4.79 Å². The zero-order valence-electron chi connectivity index (χ0n) is 23.8. The van der Waals surface area contributed by atoms with Crippen LogP contribution in [0, 0.1) is 5.92 Å². The summed E-state index contributed by atoms with van der Waals surface area (Å²) >= 11 is 0. The van der Waals surface area contributed by atoms with Crippen LogP contribution in [0.2, 0.25) is 0 Å². The van der Waals surface area contributed by atoms with Crippen molar-refractivity contribution in [3.8, 4) is 0 Å². The van der Waals surface area contributed by atoms with Crippen molar-refractivity contribution in [3.05, 3.63) is 35.5 Å². The first-order valence-electron chi connectivity index (χ1n) is 13.9. The molecular formula is C30H43N3O5. The molecule has 1 amide bonds. The van der Waals surface area contributed by atoms with Gasteiger partial charge >= 0.3 is 12.1 Å². The summed E-state index contributed by atoms with van der Waals surface area (Å²) in [5.74, 6) is 0.584. The van der Waals surface area contributed by atoms with Crippen molar-refractivity contribution >= 4 is 29.1 Å². The molecule has 0 atom stereocenters. The van der Waals surface area contributed by atoms with Gasteiger partial charge in [0.1, 0.15) is 11.2 Å². The lowest BCUT2D eigenvalue weighted by molar-refractivity contribution is -0.156. The Morgan fingerprint density at radius 2 is 1.63 bits per heavy atom.